The number of rotatable bonds is 6. The number of methoxy groups -OCH3 is 1. The number of nitrogens with one attached hydrogen (secondary N) is 1. The summed E-state index contributed by atoms with van der Waals surface area (Å²) < 4.78 is 21.5. The molecule has 1 amide bonds. The minimum absolute atomic E-state index is 0.158. The van der Waals surface area contributed by atoms with Crippen LogP contribution in [0.1, 0.15) is 21.7 Å². The first-order valence-corrected chi connectivity index (χ1v) is 9.82. The Morgan fingerprint density at radius 2 is 1.74 bits per heavy atom. The zero-order chi connectivity index (χ0) is 22.0. The van der Waals surface area contributed by atoms with Crippen LogP contribution < -0.4 is 10.1 Å². The van der Waals surface area contributed by atoms with Crippen LogP contribution in [0.25, 0.3) is 11.4 Å². The lowest BCUT2D eigenvalue weighted by Crippen LogP contribution is -2.23. The van der Waals surface area contributed by atoms with E-state index >= 15 is 0 Å². The van der Waals surface area contributed by atoms with Gasteiger partial charge in [-0.3, -0.25) is 4.79 Å². The molecular weight excluding hydrogens is 421 g/mol. The van der Waals surface area contributed by atoms with Crippen molar-refractivity contribution in [1.29, 1.82) is 0 Å². The van der Waals surface area contributed by atoms with Gasteiger partial charge in [0.15, 0.2) is 0 Å². The van der Waals surface area contributed by atoms with Gasteiger partial charge in [-0.05, 0) is 61.5 Å². The summed E-state index contributed by atoms with van der Waals surface area (Å²) in [6, 6.07) is 15.0. The van der Waals surface area contributed by atoms with E-state index in [1.807, 2.05) is 36.5 Å². The highest BCUT2D eigenvalue weighted by Crippen LogP contribution is 2.24. The number of aryl methyl sites for hydroxylation is 1. The molecule has 9 heteroatoms. The number of amides is 1. The summed E-state index contributed by atoms with van der Waals surface area (Å²) >= 11 is 6.41. The molecule has 4 aromatic rings. The number of aromatic nitrogens is 4. The molecule has 31 heavy (non-hydrogen) atoms. The lowest BCUT2D eigenvalue weighted by atomic mass is 10.2. The number of ether oxygens (including phenoxy) is 1. The Morgan fingerprint density at radius 3 is 2.42 bits per heavy atom. The highest BCUT2D eigenvalue weighted by Gasteiger charge is 2.21. The minimum Gasteiger partial charge on any atom is -0.497 e. The fraction of sp³-hybridized carbons (Fsp3) is 0.136. The van der Waals surface area contributed by atoms with Gasteiger partial charge < -0.3 is 10.1 Å². The van der Waals surface area contributed by atoms with Crippen molar-refractivity contribution in [3.63, 3.8) is 0 Å². The number of benzene rings is 2. The van der Waals surface area contributed by atoms with Crippen LogP contribution in [-0.4, -0.2) is 32.6 Å². The number of hydrogen-bond acceptors (Lipinski definition) is 4. The molecule has 158 valence electrons. The van der Waals surface area contributed by atoms with Gasteiger partial charge in [-0.25, -0.2) is 13.8 Å². The third kappa shape index (κ3) is 4.29. The van der Waals surface area contributed by atoms with Crippen LogP contribution in [0.2, 0.25) is 5.15 Å². The summed E-state index contributed by atoms with van der Waals surface area (Å²) in [6.07, 6.45) is 1.81. The van der Waals surface area contributed by atoms with E-state index in [0.29, 0.717) is 17.1 Å². The van der Waals surface area contributed by atoms with Crippen LogP contribution in [0.5, 0.6) is 5.75 Å². The number of carbonyl (C=O) groups is 1. The summed E-state index contributed by atoms with van der Waals surface area (Å²) in [6.45, 7) is 1.92. The first-order valence-electron chi connectivity index (χ1n) is 9.44. The highest BCUT2D eigenvalue weighted by atomic mass is 35.5. The Morgan fingerprint density at radius 1 is 1.06 bits per heavy atom. The van der Waals surface area contributed by atoms with Gasteiger partial charge in [-0.1, -0.05) is 11.6 Å². The van der Waals surface area contributed by atoms with Crippen LogP contribution in [-0.2, 0) is 6.54 Å². The largest absolute Gasteiger partial charge is 0.497 e. The fourth-order valence-corrected chi connectivity index (χ4v) is 3.46. The van der Waals surface area contributed by atoms with Crippen molar-refractivity contribution in [2.75, 3.05) is 7.11 Å². The third-order valence-corrected chi connectivity index (χ3v) is 5.06. The van der Waals surface area contributed by atoms with Gasteiger partial charge in [0.05, 0.1) is 42.0 Å². The molecule has 4 rings (SSSR count). The van der Waals surface area contributed by atoms with Gasteiger partial charge in [0.2, 0.25) is 0 Å². The number of nitrogens with zero attached hydrogens (tertiary/aromatic N) is 4. The molecular formula is C22H19ClFN5O2. The molecule has 0 bridgehead atoms. The van der Waals surface area contributed by atoms with E-state index in [-0.39, 0.29) is 29.0 Å². The zero-order valence-corrected chi connectivity index (χ0v) is 17.6. The molecule has 0 saturated carbocycles. The second-order valence-electron chi connectivity index (χ2n) is 6.77. The van der Waals surface area contributed by atoms with E-state index in [1.54, 1.807) is 30.8 Å². The molecule has 0 aliphatic heterocycles. The molecule has 2 heterocycles. The summed E-state index contributed by atoms with van der Waals surface area (Å²) in [5.41, 5.74) is 2.85. The maximum atomic E-state index is 13.2. The predicted octanol–water partition coefficient (Wildman–Crippen LogP) is 4.10. The van der Waals surface area contributed by atoms with E-state index in [4.69, 9.17) is 16.3 Å². The average molecular weight is 440 g/mol. The second-order valence-corrected chi connectivity index (χ2v) is 7.13. The van der Waals surface area contributed by atoms with Gasteiger partial charge in [0, 0.05) is 6.20 Å². The van der Waals surface area contributed by atoms with Crippen LogP contribution in [0.3, 0.4) is 0 Å². The Balaban J connectivity index is 1.47. The Labute approximate surface area is 183 Å². The first-order chi connectivity index (χ1) is 15.0. The van der Waals surface area contributed by atoms with Gasteiger partial charge in [-0.15, -0.1) is 0 Å². The Kier molecular flexibility index (Phi) is 5.73. The van der Waals surface area contributed by atoms with Crippen molar-refractivity contribution >= 4 is 17.5 Å². The van der Waals surface area contributed by atoms with Crippen LogP contribution >= 0.6 is 11.6 Å². The number of hydrogen-bond donors (Lipinski definition) is 1. The standard InChI is InChI=1S/C22H19ClFN5O2/c1-14-20(21(23)29(26-14)18-5-3-15(24)4-6-18)22(30)25-13-16-11-12-28(27-16)17-7-9-19(31-2)10-8-17/h3-12H,13H2,1-2H3,(H,25,30). The molecule has 0 atom stereocenters. The maximum absolute atomic E-state index is 13.2. The van der Waals surface area contributed by atoms with Gasteiger partial charge in [0.25, 0.3) is 5.91 Å². The van der Waals surface area contributed by atoms with Crippen molar-refractivity contribution in [3.05, 3.63) is 88.7 Å². The van der Waals surface area contributed by atoms with Crippen molar-refractivity contribution in [2.24, 2.45) is 0 Å². The Bertz CT molecular complexity index is 1220. The predicted molar refractivity (Wildman–Crippen MR) is 115 cm³/mol. The highest BCUT2D eigenvalue weighted by molar-refractivity contribution is 6.33. The van der Waals surface area contributed by atoms with E-state index < -0.39 is 0 Å². The Hall–Kier alpha value is -3.65. The monoisotopic (exact) mass is 439 g/mol. The lowest BCUT2D eigenvalue weighted by molar-refractivity contribution is 0.0950. The molecule has 0 radical (unpaired) electrons. The number of halogens is 2. The lowest BCUT2D eigenvalue weighted by Gasteiger charge is -2.05. The summed E-state index contributed by atoms with van der Waals surface area (Å²) in [5.74, 6) is 0.0301. The quantitative estimate of drug-likeness (QED) is 0.491. The van der Waals surface area contributed by atoms with Crippen molar-refractivity contribution in [2.45, 2.75) is 13.5 Å². The van der Waals surface area contributed by atoms with Crippen LogP contribution in [0.15, 0.2) is 60.8 Å². The SMILES string of the molecule is COc1ccc(-n2ccc(CNC(=O)c3c(C)nn(-c4ccc(F)cc4)c3Cl)n2)cc1. The third-order valence-electron chi connectivity index (χ3n) is 4.71. The molecule has 2 aromatic carbocycles. The van der Waals surface area contributed by atoms with Gasteiger partial charge >= 0.3 is 0 Å². The number of carbonyl (C=O) groups excluding carboxylic acids is 1. The van der Waals surface area contributed by atoms with Gasteiger partial charge in [-0.2, -0.15) is 10.2 Å². The van der Waals surface area contributed by atoms with E-state index in [9.17, 15) is 9.18 Å². The topological polar surface area (TPSA) is 74.0 Å². The van der Waals surface area contributed by atoms with Crippen LogP contribution in [0, 0.1) is 12.7 Å². The van der Waals surface area contributed by atoms with Crippen molar-refractivity contribution < 1.29 is 13.9 Å². The molecule has 0 aliphatic rings. The molecule has 0 saturated heterocycles. The normalized spacial score (nSPS) is 10.8. The van der Waals surface area contributed by atoms with Gasteiger partial charge in [0.1, 0.15) is 16.7 Å². The fourth-order valence-electron chi connectivity index (χ4n) is 3.10. The minimum atomic E-state index is -0.366. The van der Waals surface area contributed by atoms with Crippen molar-refractivity contribution in [3.8, 4) is 17.1 Å². The van der Waals surface area contributed by atoms with Crippen LogP contribution in [0.4, 0.5) is 4.39 Å². The summed E-state index contributed by atoms with van der Waals surface area (Å²) in [4.78, 5) is 12.7. The average Bonchev–Trinajstić information content (AvgIpc) is 3.37. The van der Waals surface area contributed by atoms with Crippen molar-refractivity contribution in [1.82, 2.24) is 24.9 Å². The second kappa shape index (κ2) is 8.61. The molecule has 7 nitrogen and oxygen atoms in total. The molecule has 0 aliphatic carbocycles. The smallest absolute Gasteiger partial charge is 0.256 e. The van der Waals surface area contributed by atoms with E-state index in [1.165, 1.54) is 16.8 Å². The molecule has 1 N–H and O–H groups in total. The first kappa shape index (κ1) is 20.6. The molecule has 2 aromatic heterocycles. The maximum Gasteiger partial charge on any atom is 0.256 e. The van der Waals surface area contributed by atoms with E-state index in [2.05, 4.69) is 15.5 Å². The van der Waals surface area contributed by atoms with E-state index in [0.717, 1.165) is 11.4 Å². The summed E-state index contributed by atoms with van der Waals surface area (Å²) in [7, 11) is 1.61. The molecule has 0 spiro atoms. The summed E-state index contributed by atoms with van der Waals surface area (Å²) in [5, 5.41) is 11.8. The molecule has 0 fully saturated rings. The molecule has 0 unspecified atom stereocenters. The zero-order valence-electron chi connectivity index (χ0n) is 16.8.